The van der Waals surface area contributed by atoms with E-state index < -0.39 is 0 Å². The number of benzene rings is 1. The molecule has 94 valence electrons. The number of rotatable bonds is 3. The predicted molar refractivity (Wildman–Crippen MR) is 73.8 cm³/mol. The lowest BCUT2D eigenvalue weighted by Crippen LogP contribution is -2.24. The van der Waals surface area contributed by atoms with Gasteiger partial charge in [-0.15, -0.1) is 0 Å². The molecule has 2 unspecified atom stereocenters. The van der Waals surface area contributed by atoms with Crippen LogP contribution in [0, 0.1) is 23.2 Å². The minimum Gasteiger partial charge on any atom is -0.350 e. The van der Waals surface area contributed by atoms with E-state index in [0.717, 1.165) is 16.5 Å². The molecule has 2 N–H and O–H groups in total. The Hall–Kier alpha value is -1.79. The molecule has 3 heteroatoms. The first-order valence-electron chi connectivity index (χ1n) is 6.25. The maximum absolute atomic E-state index is 9.27. The number of para-hydroxylation sites is 1. The van der Waals surface area contributed by atoms with Crippen molar-refractivity contribution in [3.8, 4) is 6.07 Å². The highest BCUT2D eigenvalue weighted by molar-refractivity contribution is 5.84. The van der Waals surface area contributed by atoms with Crippen LogP contribution >= 0.6 is 0 Å². The molecule has 0 saturated carbocycles. The van der Waals surface area contributed by atoms with E-state index in [4.69, 9.17) is 5.73 Å². The fourth-order valence-electron chi connectivity index (χ4n) is 2.48. The first-order chi connectivity index (χ1) is 8.56. The van der Waals surface area contributed by atoms with Crippen LogP contribution in [0.1, 0.15) is 25.5 Å². The molecule has 0 saturated heterocycles. The van der Waals surface area contributed by atoms with Gasteiger partial charge in [0.2, 0.25) is 0 Å². The first kappa shape index (κ1) is 12.7. The average Bonchev–Trinajstić information content (AvgIpc) is 2.68. The molecule has 2 rings (SSSR count). The van der Waals surface area contributed by atoms with Crippen LogP contribution in [0.2, 0.25) is 0 Å². The first-order valence-corrected chi connectivity index (χ1v) is 6.25. The SMILES string of the molecule is CC(C)C(C#N)C(N)c1cn(C)c2ccccc12. The molecule has 0 aliphatic carbocycles. The molecule has 1 aromatic heterocycles. The third kappa shape index (κ3) is 2.00. The van der Waals surface area contributed by atoms with E-state index in [1.54, 1.807) is 0 Å². The van der Waals surface area contributed by atoms with Crippen molar-refractivity contribution in [2.45, 2.75) is 19.9 Å². The van der Waals surface area contributed by atoms with E-state index in [1.807, 2.05) is 39.2 Å². The highest BCUT2D eigenvalue weighted by atomic mass is 14.9. The Balaban J connectivity index is 2.52. The minimum atomic E-state index is -0.235. The van der Waals surface area contributed by atoms with E-state index in [-0.39, 0.29) is 17.9 Å². The fraction of sp³-hybridized carbons (Fsp3) is 0.400. The van der Waals surface area contributed by atoms with Crippen LogP contribution < -0.4 is 5.73 Å². The Morgan fingerprint density at radius 3 is 2.56 bits per heavy atom. The smallest absolute Gasteiger partial charge is 0.0679 e. The summed E-state index contributed by atoms with van der Waals surface area (Å²) in [5.74, 6) is 0.0970. The van der Waals surface area contributed by atoms with Crippen molar-refractivity contribution in [2.24, 2.45) is 24.6 Å². The molecule has 18 heavy (non-hydrogen) atoms. The van der Waals surface area contributed by atoms with Crippen molar-refractivity contribution < 1.29 is 0 Å². The summed E-state index contributed by atoms with van der Waals surface area (Å²) in [5.41, 5.74) is 8.51. The van der Waals surface area contributed by atoms with Crippen LogP contribution in [0.4, 0.5) is 0 Å². The van der Waals surface area contributed by atoms with E-state index in [9.17, 15) is 5.26 Å². The number of aromatic nitrogens is 1. The maximum atomic E-state index is 9.27. The van der Waals surface area contributed by atoms with E-state index in [2.05, 4.69) is 22.8 Å². The lowest BCUT2D eigenvalue weighted by molar-refractivity contribution is 0.405. The summed E-state index contributed by atoms with van der Waals surface area (Å²) in [4.78, 5) is 0. The van der Waals surface area contributed by atoms with Gasteiger partial charge in [0.05, 0.1) is 12.0 Å². The Morgan fingerprint density at radius 1 is 1.28 bits per heavy atom. The fourth-order valence-corrected chi connectivity index (χ4v) is 2.48. The van der Waals surface area contributed by atoms with Gasteiger partial charge < -0.3 is 10.3 Å². The number of nitrogens with zero attached hydrogens (tertiary/aromatic N) is 2. The third-order valence-corrected chi connectivity index (χ3v) is 3.54. The average molecular weight is 241 g/mol. The lowest BCUT2D eigenvalue weighted by Gasteiger charge is -2.20. The van der Waals surface area contributed by atoms with E-state index in [1.165, 1.54) is 0 Å². The van der Waals surface area contributed by atoms with Gasteiger partial charge >= 0.3 is 0 Å². The van der Waals surface area contributed by atoms with Crippen LogP contribution in [0.15, 0.2) is 30.5 Å². The zero-order valence-electron chi connectivity index (χ0n) is 11.1. The van der Waals surface area contributed by atoms with Crippen LogP contribution in [-0.4, -0.2) is 4.57 Å². The van der Waals surface area contributed by atoms with Gasteiger partial charge in [0.1, 0.15) is 0 Å². The number of hydrogen-bond acceptors (Lipinski definition) is 2. The van der Waals surface area contributed by atoms with Gasteiger partial charge in [0.15, 0.2) is 0 Å². The number of nitriles is 1. The van der Waals surface area contributed by atoms with Crippen molar-refractivity contribution in [1.29, 1.82) is 5.26 Å². The summed E-state index contributed by atoms with van der Waals surface area (Å²) in [6.07, 6.45) is 2.04. The lowest BCUT2D eigenvalue weighted by atomic mass is 9.86. The summed E-state index contributed by atoms with van der Waals surface area (Å²) in [6, 6.07) is 10.3. The highest BCUT2D eigenvalue weighted by Crippen LogP contribution is 2.31. The molecular weight excluding hydrogens is 222 g/mol. The summed E-state index contributed by atoms with van der Waals surface area (Å²) in [7, 11) is 2.01. The molecule has 0 radical (unpaired) electrons. The van der Waals surface area contributed by atoms with Gasteiger partial charge in [0.25, 0.3) is 0 Å². The zero-order valence-corrected chi connectivity index (χ0v) is 11.1. The third-order valence-electron chi connectivity index (χ3n) is 3.54. The van der Waals surface area contributed by atoms with E-state index in [0.29, 0.717) is 0 Å². The Labute approximate surface area is 108 Å². The summed E-state index contributed by atoms with van der Waals surface area (Å²) in [6.45, 7) is 4.08. The predicted octanol–water partition coefficient (Wildman–Crippen LogP) is 2.97. The molecule has 0 fully saturated rings. The van der Waals surface area contributed by atoms with Gasteiger partial charge in [-0.05, 0) is 17.5 Å². The standard InChI is InChI=1S/C15H19N3/c1-10(2)12(8-16)15(17)13-9-18(3)14-7-5-4-6-11(13)14/h4-7,9-10,12,15H,17H2,1-3H3. The molecule has 1 heterocycles. The van der Waals surface area contributed by atoms with Crippen LogP contribution in [0.25, 0.3) is 10.9 Å². The summed E-state index contributed by atoms with van der Waals surface area (Å²) in [5, 5.41) is 10.4. The zero-order chi connectivity index (χ0) is 13.3. The molecule has 0 spiro atoms. The quantitative estimate of drug-likeness (QED) is 0.898. The number of nitrogens with two attached hydrogens (primary N) is 1. The van der Waals surface area contributed by atoms with Crippen molar-refractivity contribution in [1.82, 2.24) is 4.57 Å². The molecule has 3 nitrogen and oxygen atoms in total. The van der Waals surface area contributed by atoms with E-state index >= 15 is 0 Å². The van der Waals surface area contributed by atoms with Gasteiger partial charge in [0, 0.05) is 30.2 Å². The van der Waals surface area contributed by atoms with Gasteiger partial charge in [-0.3, -0.25) is 0 Å². The monoisotopic (exact) mass is 241 g/mol. The largest absolute Gasteiger partial charge is 0.350 e. The number of hydrogen-bond donors (Lipinski definition) is 1. The Kier molecular flexibility index (Phi) is 3.40. The van der Waals surface area contributed by atoms with Crippen molar-refractivity contribution >= 4 is 10.9 Å². The van der Waals surface area contributed by atoms with Gasteiger partial charge in [-0.25, -0.2) is 0 Å². The Bertz CT molecular complexity index is 589. The summed E-state index contributed by atoms with van der Waals surface area (Å²) >= 11 is 0. The summed E-state index contributed by atoms with van der Waals surface area (Å²) < 4.78 is 2.07. The second-order valence-electron chi connectivity index (χ2n) is 5.14. The van der Waals surface area contributed by atoms with Gasteiger partial charge in [-0.2, -0.15) is 5.26 Å². The van der Waals surface area contributed by atoms with Crippen LogP contribution in [0.5, 0.6) is 0 Å². The number of fused-ring (bicyclic) bond motifs is 1. The molecular formula is C15H19N3. The second-order valence-corrected chi connectivity index (χ2v) is 5.14. The topological polar surface area (TPSA) is 54.7 Å². The van der Waals surface area contributed by atoms with Crippen LogP contribution in [-0.2, 0) is 7.05 Å². The molecule has 1 aromatic carbocycles. The maximum Gasteiger partial charge on any atom is 0.0679 e. The molecule has 0 aliphatic heterocycles. The molecule has 2 atom stereocenters. The molecule has 0 amide bonds. The molecule has 0 bridgehead atoms. The minimum absolute atomic E-state index is 0.157. The number of aryl methyl sites for hydroxylation is 1. The van der Waals surface area contributed by atoms with Gasteiger partial charge in [-0.1, -0.05) is 32.0 Å². The Morgan fingerprint density at radius 2 is 1.94 bits per heavy atom. The molecule has 2 aromatic rings. The van der Waals surface area contributed by atoms with Crippen molar-refractivity contribution in [3.63, 3.8) is 0 Å². The highest BCUT2D eigenvalue weighted by Gasteiger charge is 2.25. The van der Waals surface area contributed by atoms with Crippen molar-refractivity contribution in [3.05, 3.63) is 36.0 Å². The second kappa shape index (κ2) is 4.83. The van der Waals surface area contributed by atoms with Crippen LogP contribution in [0.3, 0.4) is 0 Å². The van der Waals surface area contributed by atoms with Crippen molar-refractivity contribution in [2.75, 3.05) is 0 Å². The molecule has 0 aliphatic rings. The normalized spacial score (nSPS) is 14.7.